The van der Waals surface area contributed by atoms with Crippen LogP contribution >= 0.6 is 15.9 Å². The molecule has 1 aromatic carbocycles. The molecule has 4 nitrogen and oxygen atoms in total. The van der Waals surface area contributed by atoms with Crippen LogP contribution in [0.15, 0.2) is 61.1 Å². The number of alkyl halides is 1. The molecule has 132 valence electrons. The smallest absolute Gasteiger partial charge is 0.207 e. The fraction of sp³-hybridized carbons (Fsp3) is 0.238. The lowest BCUT2D eigenvalue weighted by Gasteiger charge is -2.24. The van der Waals surface area contributed by atoms with E-state index < -0.39 is 5.60 Å². The van der Waals surface area contributed by atoms with Crippen LogP contribution in [0, 0.1) is 0 Å². The summed E-state index contributed by atoms with van der Waals surface area (Å²) in [5.41, 5.74) is 1.85. The second-order valence-corrected chi connectivity index (χ2v) is 7.37. The molecule has 0 saturated heterocycles. The highest BCUT2D eigenvalue weighted by molar-refractivity contribution is 9.09. The zero-order chi connectivity index (χ0) is 18.1. The van der Waals surface area contributed by atoms with Crippen LogP contribution in [0.4, 0.5) is 0 Å². The topological polar surface area (TPSA) is 44.1 Å². The molecule has 2 aromatic heterocycles. The Morgan fingerprint density at radius 1 is 1.27 bits per heavy atom. The predicted octanol–water partition coefficient (Wildman–Crippen LogP) is 4.68. The highest BCUT2D eigenvalue weighted by Crippen LogP contribution is 2.39. The van der Waals surface area contributed by atoms with E-state index in [-0.39, 0.29) is 5.78 Å². The summed E-state index contributed by atoms with van der Waals surface area (Å²) < 4.78 is 8.36. The highest BCUT2D eigenvalue weighted by atomic mass is 79.9. The molecule has 1 atom stereocenters. The largest absolute Gasteiger partial charge is 0.474 e. The van der Waals surface area contributed by atoms with Crippen molar-refractivity contribution in [2.24, 2.45) is 0 Å². The molecule has 26 heavy (non-hydrogen) atoms. The molecule has 0 radical (unpaired) electrons. The quantitative estimate of drug-likeness (QED) is 0.573. The van der Waals surface area contributed by atoms with E-state index in [2.05, 4.69) is 49.9 Å². The third-order valence-electron chi connectivity index (χ3n) is 4.85. The number of rotatable bonds is 5. The van der Waals surface area contributed by atoms with Crippen LogP contribution in [0.25, 0.3) is 16.7 Å². The standard InChI is InChI=1S/C21H19BrN2O2/c1-21(17-4-2-9-23-14-17)20(25)13-19(26-21)16-5-6-18-15(12-16)7-11-24(18)10-3-8-22/h2,4-7,9,11-14H,3,8,10H2,1H3. The van der Waals surface area contributed by atoms with Crippen LogP contribution in [-0.4, -0.2) is 20.7 Å². The fourth-order valence-corrected chi connectivity index (χ4v) is 3.57. The minimum atomic E-state index is -1.01. The fourth-order valence-electron chi connectivity index (χ4n) is 3.32. The number of carbonyl (C=O) groups is 1. The first-order valence-corrected chi connectivity index (χ1v) is 9.75. The van der Waals surface area contributed by atoms with Crippen molar-refractivity contribution in [1.82, 2.24) is 9.55 Å². The van der Waals surface area contributed by atoms with E-state index in [9.17, 15) is 4.79 Å². The monoisotopic (exact) mass is 410 g/mol. The van der Waals surface area contributed by atoms with Crippen LogP contribution in [0.2, 0.25) is 0 Å². The number of aromatic nitrogens is 2. The predicted molar refractivity (Wildman–Crippen MR) is 106 cm³/mol. The Morgan fingerprint density at radius 3 is 2.92 bits per heavy atom. The average molecular weight is 411 g/mol. The van der Waals surface area contributed by atoms with E-state index in [4.69, 9.17) is 4.74 Å². The summed E-state index contributed by atoms with van der Waals surface area (Å²) in [4.78, 5) is 16.7. The SMILES string of the molecule is CC1(c2cccnc2)OC(c2ccc3c(ccn3CCCBr)c2)=CC1=O. The molecule has 0 bridgehead atoms. The van der Waals surface area contributed by atoms with E-state index in [1.807, 2.05) is 18.2 Å². The summed E-state index contributed by atoms with van der Waals surface area (Å²) in [6, 6.07) is 12.0. The molecule has 1 aliphatic heterocycles. The normalized spacial score (nSPS) is 19.6. The number of pyridine rings is 1. The van der Waals surface area contributed by atoms with Gasteiger partial charge in [-0.05, 0) is 43.7 Å². The summed E-state index contributed by atoms with van der Waals surface area (Å²) in [6.45, 7) is 2.77. The van der Waals surface area contributed by atoms with Crippen molar-refractivity contribution in [2.45, 2.75) is 25.5 Å². The highest BCUT2D eigenvalue weighted by Gasteiger charge is 2.42. The van der Waals surface area contributed by atoms with Crippen molar-refractivity contribution in [3.05, 3.63) is 72.2 Å². The first-order chi connectivity index (χ1) is 12.6. The molecule has 0 spiro atoms. The number of benzene rings is 1. The first kappa shape index (κ1) is 17.0. The van der Waals surface area contributed by atoms with Gasteiger partial charge in [0, 0.05) is 58.6 Å². The van der Waals surface area contributed by atoms with Crippen LogP contribution in [0.1, 0.15) is 24.5 Å². The molecule has 0 fully saturated rings. The maximum atomic E-state index is 12.6. The average Bonchev–Trinajstić information content (AvgIpc) is 3.22. The Hall–Kier alpha value is -2.40. The second-order valence-electron chi connectivity index (χ2n) is 6.58. The summed E-state index contributed by atoms with van der Waals surface area (Å²) in [5, 5.41) is 2.13. The van der Waals surface area contributed by atoms with Gasteiger partial charge in [-0.1, -0.05) is 22.0 Å². The van der Waals surface area contributed by atoms with Crippen LogP contribution < -0.4 is 0 Å². The molecule has 0 N–H and O–H groups in total. The molecule has 3 heterocycles. The zero-order valence-corrected chi connectivity index (χ0v) is 16.1. The minimum Gasteiger partial charge on any atom is -0.474 e. The third-order valence-corrected chi connectivity index (χ3v) is 5.41. The maximum absolute atomic E-state index is 12.6. The number of hydrogen-bond donors (Lipinski definition) is 0. The molecule has 1 aliphatic rings. The van der Waals surface area contributed by atoms with Gasteiger partial charge in [-0.25, -0.2) is 0 Å². The van der Waals surface area contributed by atoms with Crippen molar-refractivity contribution in [3.63, 3.8) is 0 Å². The Labute approximate surface area is 160 Å². The summed E-state index contributed by atoms with van der Waals surface area (Å²) in [7, 11) is 0. The van der Waals surface area contributed by atoms with Gasteiger partial charge in [0.25, 0.3) is 0 Å². The summed E-state index contributed by atoms with van der Waals surface area (Å²) in [6.07, 6.45) is 8.15. The second kappa shape index (κ2) is 6.72. The van der Waals surface area contributed by atoms with Gasteiger partial charge in [0.2, 0.25) is 5.78 Å². The molecule has 3 aromatic rings. The number of fused-ring (bicyclic) bond motifs is 1. The molecule has 0 saturated carbocycles. The number of hydrogen-bond acceptors (Lipinski definition) is 3. The van der Waals surface area contributed by atoms with Gasteiger partial charge in [0.15, 0.2) is 5.60 Å². The number of nitrogens with zero attached hydrogens (tertiary/aromatic N) is 2. The summed E-state index contributed by atoms with van der Waals surface area (Å²) in [5.74, 6) is 0.548. The van der Waals surface area contributed by atoms with Gasteiger partial charge in [-0.2, -0.15) is 0 Å². The Bertz CT molecular complexity index is 994. The minimum absolute atomic E-state index is 0.0597. The van der Waals surface area contributed by atoms with E-state index >= 15 is 0 Å². The lowest BCUT2D eigenvalue weighted by molar-refractivity contribution is -0.127. The number of ketones is 1. The molecule has 4 rings (SSSR count). The van der Waals surface area contributed by atoms with E-state index in [0.29, 0.717) is 5.76 Å². The van der Waals surface area contributed by atoms with Crippen molar-refractivity contribution >= 4 is 38.4 Å². The molecular formula is C21H19BrN2O2. The van der Waals surface area contributed by atoms with Crippen LogP contribution in [0.5, 0.6) is 0 Å². The third kappa shape index (κ3) is 2.86. The molecule has 0 aliphatic carbocycles. The van der Waals surface area contributed by atoms with Gasteiger partial charge in [-0.15, -0.1) is 0 Å². The van der Waals surface area contributed by atoms with Gasteiger partial charge >= 0.3 is 0 Å². The number of halogens is 1. The number of aryl methyl sites for hydroxylation is 1. The maximum Gasteiger partial charge on any atom is 0.207 e. The van der Waals surface area contributed by atoms with Crippen molar-refractivity contribution < 1.29 is 9.53 Å². The molecule has 1 unspecified atom stereocenters. The first-order valence-electron chi connectivity index (χ1n) is 8.63. The molecule has 0 amide bonds. The van der Waals surface area contributed by atoms with E-state index in [0.717, 1.165) is 34.8 Å². The zero-order valence-electron chi connectivity index (χ0n) is 14.5. The van der Waals surface area contributed by atoms with E-state index in [1.165, 1.54) is 5.52 Å². The van der Waals surface area contributed by atoms with Crippen LogP contribution in [0.3, 0.4) is 0 Å². The van der Waals surface area contributed by atoms with E-state index in [1.54, 1.807) is 25.4 Å². The number of carbonyl (C=O) groups excluding carboxylic acids is 1. The van der Waals surface area contributed by atoms with Gasteiger partial charge in [-0.3, -0.25) is 9.78 Å². The Kier molecular flexibility index (Phi) is 4.41. The van der Waals surface area contributed by atoms with Crippen molar-refractivity contribution in [1.29, 1.82) is 0 Å². The van der Waals surface area contributed by atoms with Gasteiger partial charge in [0.05, 0.1) is 0 Å². The lowest BCUT2D eigenvalue weighted by Crippen LogP contribution is -2.29. The summed E-state index contributed by atoms with van der Waals surface area (Å²) >= 11 is 3.48. The Balaban J connectivity index is 1.64. The Morgan fingerprint density at radius 2 is 2.15 bits per heavy atom. The van der Waals surface area contributed by atoms with Gasteiger partial charge < -0.3 is 9.30 Å². The lowest BCUT2D eigenvalue weighted by atomic mass is 9.94. The number of ether oxygens (including phenoxy) is 1. The van der Waals surface area contributed by atoms with Crippen LogP contribution in [-0.2, 0) is 21.7 Å². The van der Waals surface area contributed by atoms with Crippen molar-refractivity contribution in [3.8, 4) is 0 Å². The molecular weight excluding hydrogens is 392 g/mol. The molecule has 5 heteroatoms. The van der Waals surface area contributed by atoms with Crippen molar-refractivity contribution in [2.75, 3.05) is 5.33 Å². The van der Waals surface area contributed by atoms with Gasteiger partial charge in [0.1, 0.15) is 5.76 Å².